The second-order valence-corrected chi connectivity index (χ2v) is 8.62. The lowest BCUT2D eigenvalue weighted by atomic mass is 10.2. The molecule has 0 bridgehead atoms. The molecule has 138 valence electrons. The molecule has 0 saturated carbocycles. The Labute approximate surface area is 157 Å². The summed E-state index contributed by atoms with van der Waals surface area (Å²) in [6, 6.07) is 7.48. The second kappa shape index (κ2) is 7.06. The van der Waals surface area contributed by atoms with Crippen molar-refractivity contribution >= 4 is 37.3 Å². The van der Waals surface area contributed by atoms with Gasteiger partial charge in [-0.15, -0.1) is 6.42 Å². The standard InChI is InChI=1S/C18H12F2N2O3S2/c1-3-9-22-14-8-7-11(27(2,24)25)10-15(14)26-18(22)21-17(23)16-12(19)5-4-6-13(16)20/h1,4-8,10H,9H2,2H3. The second-order valence-electron chi connectivity index (χ2n) is 5.59. The molecular weight excluding hydrogens is 394 g/mol. The molecule has 1 amide bonds. The lowest BCUT2D eigenvalue weighted by Crippen LogP contribution is -2.17. The van der Waals surface area contributed by atoms with Gasteiger partial charge in [0.05, 0.1) is 21.7 Å². The number of fused-ring (bicyclic) bond motifs is 1. The van der Waals surface area contributed by atoms with Crippen LogP contribution in [0.5, 0.6) is 0 Å². The maximum Gasteiger partial charge on any atom is 0.285 e. The van der Waals surface area contributed by atoms with Crippen LogP contribution in [0.2, 0.25) is 0 Å². The first-order valence-electron chi connectivity index (χ1n) is 7.52. The summed E-state index contributed by atoms with van der Waals surface area (Å²) in [6.45, 7) is 0.0457. The van der Waals surface area contributed by atoms with E-state index in [1.165, 1.54) is 16.7 Å². The molecular formula is C18H12F2N2O3S2. The van der Waals surface area contributed by atoms with Crippen molar-refractivity contribution in [2.75, 3.05) is 6.26 Å². The van der Waals surface area contributed by atoms with Crippen molar-refractivity contribution in [1.29, 1.82) is 0 Å². The van der Waals surface area contributed by atoms with Gasteiger partial charge < -0.3 is 4.57 Å². The Hall–Kier alpha value is -2.83. The van der Waals surface area contributed by atoms with Crippen LogP contribution in [0, 0.1) is 24.0 Å². The summed E-state index contributed by atoms with van der Waals surface area (Å²) in [5.41, 5.74) is -0.204. The first-order chi connectivity index (χ1) is 12.7. The third-order valence-corrected chi connectivity index (χ3v) is 5.86. The van der Waals surface area contributed by atoms with Crippen molar-refractivity contribution in [3.05, 3.63) is 58.4 Å². The molecule has 0 N–H and O–H groups in total. The monoisotopic (exact) mass is 406 g/mol. The molecule has 0 aliphatic carbocycles. The van der Waals surface area contributed by atoms with E-state index in [9.17, 15) is 22.0 Å². The Morgan fingerprint density at radius 2 is 1.93 bits per heavy atom. The lowest BCUT2D eigenvalue weighted by Gasteiger charge is -2.02. The SMILES string of the molecule is C#CCn1c(=NC(=O)c2c(F)cccc2F)sc2cc(S(C)(=O)=O)ccc21. The zero-order valence-electron chi connectivity index (χ0n) is 13.9. The number of aromatic nitrogens is 1. The average molecular weight is 406 g/mol. The quantitative estimate of drug-likeness (QED) is 0.628. The summed E-state index contributed by atoms with van der Waals surface area (Å²) in [5.74, 6) is -0.717. The van der Waals surface area contributed by atoms with Crippen LogP contribution in [0.4, 0.5) is 8.78 Å². The van der Waals surface area contributed by atoms with Crippen LogP contribution < -0.4 is 4.80 Å². The highest BCUT2D eigenvalue weighted by Crippen LogP contribution is 2.22. The van der Waals surface area contributed by atoms with Gasteiger partial charge in [-0.05, 0) is 30.3 Å². The summed E-state index contributed by atoms with van der Waals surface area (Å²) < 4.78 is 53.1. The normalized spacial score (nSPS) is 12.3. The molecule has 9 heteroatoms. The third-order valence-electron chi connectivity index (χ3n) is 3.71. The number of nitrogens with zero attached hydrogens (tertiary/aromatic N) is 2. The Morgan fingerprint density at radius 1 is 1.26 bits per heavy atom. The van der Waals surface area contributed by atoms with Gasteiger partial charge in [0.1, 0.15) is 17.2 Å². The summed E-state index contributed by atoms with van der Waals surface area (Å²) >= 11 is 0.999. The molecule has 0 spiro atoms. The number of sulfone groups is 1. The van der Waals surface area contributed by atoms with Gasteiger partial charge in [-0.25, -0.2) is 17.2 Å². The van der Waals surface area contributed by atoms with E-state index in [0.29, 0.717) is 10.2 Å². The fourth-order valence-corrected chi connectivity index (χ4v) is 4.25. The first kappa shape index (κ1) is 18.9. The van der Waals surface area contributed by atoms with Gasteiger partial charge in [-0.2, -0.15) is 4.99 Å². The van der Waals surface area contributed by atoms with Crippen molar-refractivity contribution in [3.63, 3.8) is 0 Å². The predicted molar refractivity (Wildman–Crippen MR) is 98.0 cm³/mol. The van der Waals surface area contributed by atoms with Gasteiger partial charge in [-0.3, -0.25) is 4.79 Å². The number of hydrogen-bond acceptors (Lipinski definition) is 4. The molecule has 0 radical (unpaired) electrons. The molecule has 0 aliphatic heterocycles. The largest absolute Gasteiger partial charge is 0.305 e. The highest BCUT2D eigenvalue weighted by molar-refractivity contribution is 7.90. The van der Waals surface area contributed by atoms with Crippen molar-refractivity contribution in [2.24, 2.45) is 4.99 Å². The molecule has 1 aromatic heterocycles. The van der Waals surface area contributed by atoms with Crippen molar-refractivity contribution in [2.45, 2.75) is 11.4 Å². The Morgan fingerprint density at radius 3 is 2.52 bits per heavy atom. The predicted octanol–water partition coefficient (Wildman–Crippen LogP) is 2.76. The van der Waals surface area contributed by atoms with E-state index in [1.54, 1.807) is 6.07 Å². The fourth-order valence-electron chi connectivity index (χ4n) is 2.46. The molecule has 3 rings (SSSR count). The molecule has 0 aliphatic rings. The third kappa shape index (κ3) is 3.67. The number of thiazole rings is 1. The summed E-state index contributed by atoms with van der Waals surface area (Å²) in [6.07, 6.45) is 6.44. The molecule has 0 atom stereocenters. The van der Waals surface area contributed by atoms with Gasteiger partial charge in [0.15, 0.2) is 14.6 Å². The minimum atomic E-state index is -3.43. The minimum Gasteiger partial charge on any atom is -0.305 e. The lowest BCUT2D eigenvalue weighted by molar-refractivity contribution is 0.0990. The number of halogens is 2. The molecule has 5 nitrogen and oxygen atoms in total. The smallest absolute Gasteiger partial charge is 0.285 e. The summed E-state index contributed by atoms with van der Waals surface area (Å²) in [5, 5.41) is 0. The van der Waals surface area contributed by atoms with E-state index in [-0.39, 0.29) is 16.2 Å². The van der Waals surface area contributed by atoms with Crippen molar-refractivity contribution in [1.82, 2.24) is 4.57 Å². The number of hydrogen-bond donors (Lipinski definition) is 0. The number of carbonyl (C=O) groups excluding carboxylic acids is 1. The Bertz CT molecular complexity index is 1260. The summed E-state index contributed by atoms with van der Waals surface area (Å²) in [7, 11) is -3.43. The van der Waals surface area contributed by atoms with Crippen LogP contribution in [-0.4, -0.2) is 25.1 Å². The molecule has 0 unspecified atom stereocenters. The van der Waals surface area contributed by atoms with Crippen LogP contribution in [0.15, 0.2) is 46.3 Å². The molecule has 0 saturated heterocycles. The number of carbonyl (C=O) groups is 1. The maximum atomic E-state index is 13.8. The minimum absolute atomic E-state index is 0.0457. The van der Waals surface area contributed by atoms with E-state index in [1.807, 2.05) is 0 Å². The Kier molecular flexibility index (Phi) is 4.95. The van der Waals surface area contributed by atoms with Gasteiger partial charge >= 0.3 is 0 Å². The van der Waals surface area contributed by atoms with E-state index in [0.717, 1.165) is 35.8 Å². The highest BCUT2D eigenvalue weighted by Gasteiger charge is 2.18. The fraction of sp³-hybridized carbons (Fsp3) is 0.111. The maximum absolute atomic E-state index is 13.8. The molecule has 0 fully saturated rings. The number of amides is 1. The van der Waals surface area contributed by atoms with Crippen LogP contribution in [0.25, 0.3) is 10.2 Å². The number of benzene rings is 2. The van der Waals surface area contributed by atoms with Gasteiger partial charge in [-0.1, -0.05) is 23.3 Å². The number of rotatable bonds is 3. The van der Waals surface area contributed by atoms with Gasteiger partial charge in [0, 0.05) is 6.26 Å². The van der Waals surface area contributed by atoms with Crippen molar-refractivity contribution < 1.29 is 22.0 Å². The van der Waals surface area contributed by atoms with E-state index in [4.69, 9.17) is 6.42 Å². The zero-order valence-corrected chi connectivity index (χ0v) is 15.6. The first-order valence-corrected chi connectivity index (χ1v) is 10.2. The van der Waals surface area contributed by atoms with Gasteiger partial charge in [0.25, 0.3) is 5.91 Å². The molecule has 1 heterocycles. The van der Waals surface area contributed by atoms with E-state index < -0.39 is 32.9 Å². The van der Waals surface area contributed by atoms with Crippen LogP contribution in [0.1, 0.15) is 10.4 Å². The topological polar surface area (TPSA) is 68.5 Å². The van der Waals surface area contributed by atoms with Crippen molar-refractivity contribution in [3.8, 4) is 12.3 Å². The molecule has 3 aromatic rings. The van der Waals surface area contributed by atoms with Crippen LogP contribution >= 0.6 is 11.3 Å². The molecule has 2 aromatic carbocycles. The van der Waals surface area contributed by atoms with E-state index >= 15 is 0 Å². The Balaban J connectivity index is 2.24. The molecule has 27 heavy (non-hydrogen) atoms. The average Bonchev–Trinajstić information content (AvgIpc) is 2.91. The van der Waals surface area contributed by atoms with E-state index in [2.05, 4.69) is 10.9 Å². The zero-order chi connectivity index (χ0) is 19.8. The highest BCUT2D eigenvalue weighted by atomic mass is 32.2. The number of terminal acetylenes is 1. The summed E-state index contributed by atoms with van der Waals surface area (Å²) in [4.78, 5) is 16.3. The van der Waals surface area contributed by atoms with Crippen LogP contribution in [-0.2, 0) is 16.4 Å². The van der Waals surface area contributed by atoms with Crippen LogP contribution in [0.3, 0.4) is 0 Å². The van der Waals surface area contributed by atoms with Gasteiger partial charge in [0.2, 0.25) is 0 Å².